The van der Waals surface area contributed by atoms with Crippen LogP contribution in [0, 0.1) is 6.92 Å². The molecule has 4 nitrogen and oxygen atoms in total. The zero-order valence-electron chi connectivity index (χ0n) is 55.2. The summed E-state index contributed by atoms with van der Waals surface area (Å²) in [4.78, 5) is 9.31. The smallest absolute Gasteiger partial charge is 0.160 e. The summed E-state index contributed by atoms with van der Waals surface area (Å²) < 4.78 is 10.1. The summed E-state index contributed by atoms with van der Waals surface area (Å²) in [6, 6.07) is 126. The lowest BCUT2D eigenvalue weighted by molar-refractivity contribution is 1.18. The Balaban J connectivity index is 0.000000140. The first-order chi connectivity index (χ1) is 50.0. The van der Waals surface area contributed by atoms with E-state index in [1.54, 1.807) is 0 Å². The van der Waals surface area contributed by atoms with E-state index in [1.807, 2.05) is 41.1 Å². The van der Waals surface area contributed by atoms with Gasteiger partial charge < -0.3 is 9.13 Å². The van der Waals surface area contributed by atoms with Gasteiger partial charge in [0.2, 0.25) is 0 Å². The molecule has 0 atom stereocenters. The van der Waals surface area contributed by atoms with Crippen molar-refractivity contribution in [3.05, 3.63) is 364 Å². The van der Waals surface area contributed by atoms with Crippen LogP contribution in [0.4, 0.5) is 0 Å². The van der Waals surface area contributed by atoms with E-state index in [2.05, 4.69) is 366 Å². The Bertz CT molecular complexity index is 6490. The Labute approximate surface area is 592 Å². The van der Waals surface area contributed by atoms with Crippen LogP contribution in [0.5, 0.6) is 0 Å². The monoisotopic (exact) mass is 1320 g/mol. The average Bonchev–Trinajstić information content (AvgIpc) is 1.55. The molecule has 0 aliphatic rings. The van der Waals surface area contributed by atoms with Crippen LogP contribution < -0.4 is 0 Å². The molecule has 6 heteroatoms. The minimum Gasteiger partial charge on any atom is -0.309 e. The lowest BCUT2D eigenvalue weighted by Gasteiger charge is -2.13. The van der Waals surface area contributed by atoms with E-state index in [9.17, 15) is 0 Å². The summed E-state index contributed by atoms with van der Waals surface area (Å²) in [5.41, 5.74) is 26.5. The molecule has 0 spiro atoms. The highest BCUT2D eigenvalue weighted by Gasteiger charge is 2.26. The number of fused-ring (bicyclic) bond motifs is 14. The first-order valence-corrected chi connectivity index (χ1v) is 36.0. The molecule has 0 saturated heterocycles. The van der Waals surface area contributed by atoms with E-state index in [-0.39, 0.29) is 0 Å². The minimum absolute atomic E-state index is 0.747. The van der Waals surface area contributed by atoms with Crippen LogP contribution in [0.15, 0.2) is 358 Å². The molecule has 0 unspecified atom stereocenters. The molecule has 0 saturated carbocycles. The van der Waals surface area contributed by atoms with Crippen LogP contribution in [-0.4, -0.2) is 19.1 Å². The number of hydrogen-bond donors (Lipinski definition) is 0. The van der Waals surface area contributed by atoms with Crippen molar-refractivity contribution in [2.45, 2.75) is 6.92 Å². The van der Waals surface area contributed by atoms with Gasteiger partial charge in [-0.05, 0) is 134 Å². The van der Waals surface area contributed by atoms with Gasteiger partial charge in [0.1, 0.15) is 0 Å². The van der Waals surface area contributed by atoms with Gasteiger partial charge in [0.05, 0.1) is 22.1 Å². The molecular formula is C95H62N4S2. The number of thiophene rings is 2. The predicted octanol–water partition coefficient (Wildman–Crippen LogP) is 26.7. The molecule has 0 bridgehead atoms. The van der Waals surface area contributed by atoms with Crippen molar-refractivity contribution in [2.24, 2.45) is 0 Å². The SMILES string of the molecule is Cc1ccc(-c2cccc3c2sc2cc(-c4ccc(-c5ccccc5)cc4)c4c(c5ccc(-c6ccccc6)cc5n4-c4ccccc4)c23)cc1.c1ccc(-c2ccc(-c3cc4sc5c(-c6ncccn6)cccc5c4c4c5ccc(-c6ccccc6)cc5n(-c5ccccc5)c34)cc2)cc1. The lowest BCUT2D eigenvalue weighted by atomic mass is 9.95. The Morgan fingerprint density at radius 2 is 0.584 bits per heavy atom. The fourth-order valence-electron chi connectivity index (χ4n) is 15.3. The van der Waals surface area contributed by atoms with Gasteiger partial charge in [0, 0.05) is 102 Å². The molecule has 0 aliphatic carbocycles. The number of rotatable bonds is 10. The van der Waals surface area contributed by atoms with Gasteiger partial charge >= 0.3 is 0 Å². The second-order valence-electron chi connectivity index (χ2n) is 26.0. The van der Waals surface area contributed by atoms with E-state index in [0.29, 0.717) is 0 Å². The Hall–Kier alpha value is -12.6. The maximum atomic E-state index is 4.65. The molecule has 101 heavy (non-hydrogen) atoms. The molecule has 0 N–H and O–H groups in total. The van der Waals surface area contributed by atoms with E-state index >= 15 is 0 Å². The Morgan fingerprint density at radius 1 is 0.248 bits per heavy atom. The summed E-state index contributed by atoms with van der Waals surface area (Å²) in [7, 11) is 0. The average molecular weight is 1320 g/mol. The third-order valence-corrected chi connectivity index (χ3v) is 22.4. The van der Waals surface area contributed by atoms with Gasteiger partial charge in [-0.15, -0.1) is 22.7 Å². The number of hydrogen-bond acceptors (Lipinski definition) is 4. The first kappa shape index (κ1) is 59.7. The highest BCUT2D eigenvalue weighted by atomic mass is 32.1. The maximum Gasteiger partial charge on any atom is 0.160 e. The lowest BCUT2D eigenvalue weighted by Crippen LogP contribution is -1.95. The highest BCUT2D eigenvalue weighted by Crippen LogP contribution is 2.52. The van der Waals surface area contributed by atoms with Crippen molar-refractivity contribution < 1.29 is 0 Å². The van der Waals surface area contributed by atoms with Crippen molar-refractivity contribution in [3.8, 4) is 101 Å². The molecule has 15 aromatic carbocycles. The Morgan fingerprint density at radius 3 is 1.01 bits per heavy atom. The molecular weight excluding hydrogens is 1260 g/mol. The third kappa shape index (κ3) is 10.4. The topological polar surface area (TPSA) is 35.6 Å². The molecule has 474 valence electrons. The summed E-state index contributed by atoms with van der Waals surface area (Å²) in [5, 5.41) is 10.2. The van der Waals surface area contributed by atoms with Crippen LogP contribution in [0.3, 0.4) is 0 Å². The highest BCUT2D eigenvalue weighted by molar-refractivity contribution is 7.27. The molecule has 5 heterocycles. The van der Waals surface area contributed by atoms with Gasteiger partial charge in [-0.3, -0.25) is 0 Å². The van der Waals surface area contributed by atoms with Gasteiger partial charge in [0.15, 0.2) is 5.82 Å². The normalized spacial score (nSPS) is 11.6. The van der Waals surface area contributed by atoms with Crippen molar-refractivity contribution in [2.75, 3.05) is 0 Å². The van der Waals surface area contributed by atoms with Crippen LogP contribution >= 0.6 is 22.7 Å². The number of aromatic nitrogens is 4. The summed E-state index contributed by atoms with van der Waals surface area (Å²) in [6.07, 6.45) is 3.64. The van der Waals surface area contributed by atoms with E-state index in [1.165, 1.54) is 167 Å². The number of nitrogens with zero attached hydrogens (tertiary/aromatic N) is 4. The van der Waals surface area contributed by atoms with Crippen molar-refractivity contribution in [1.29, 1.82) is 0 Å². The summed E-state index contributed by atoms with van der Waals surface area (Å²) >= 11 is 3.75. The van der Waals surface area contributed by atoms with Crippen LogP contribution in [0.25, 0.3) is 185 Å². The van der Waals surface area contributed by atoms with Crippen LogP contribution in [0.1, 0.15) is 5.56 Å². The van der Waals surface area contributed by atoms with Gasteiger partial charge in [0.25, 0.3) is 0 Å². The summed E-state index contributed by atoms with van der Waals surface area (Å²) in [6.45, 7) is 2.15. The molecule has 0 amide bonds. The fraction of sp³-hybridized carbons (Fsp3) is 0.0105. The zero-order chi connectivity index (χ0) is 66.9. The predicted molar refractivity (Wildman–Crippen MR) is 431 cm³/mol. The fourth-order valence-corrected chi connectivity index (χ4v) is 17.8. The summed E-state index contributed by atoms with van der Waals surface area (Å²) in [5.74, 6) is 0.747. The van der Waals surface area contributed by atoms with Crippen molar-refractivity contribution in [3.63, 3.8) is 0 Å². The van der Waals surface area contributed by atoms with Crippen molar-refractivity contribution >= 4 is 107 Å². The van der Waals surface area contributed by atoms with Gasteiger partial charge in [-0.2, -0.15) is 0 Å². The van der Waals surface area contributed by atoms with Crippen LogP contribution in [0.2, 0.25) is 0 Å². The van der Waals surface area contributed by atoms with E-state index in [4.69, 9.17) is 0 Å². The zero-order valence-corrected chi connectivity index (χ0v) is 56.8. The molecule has 0 radical (unpaired) electrons. The standard InChI is InChI=1S/C49H33NS.C46H29N3S/c1-32-20-22-36(23-21-32)40-18-11-19-42-46-45(51-49(40)42)31-43(37-26-24-35(25-27-37)33-12-5-2-6-13-33)48-47(46)41-29-28-38(34-14-7-3-8-15-34)30-44(41)50(48)39-16-9-4-10-17-39;1-4-12-30(13-5-1)32-20-22-33(23-21-32)39-29-41-42(37-18-10-19-38(45(37)50-41)46-47-26-11-27-48-46)43-36-25-24-34(31-14-6-2-7-15-31)28-40(36)49(44(39)43)35-16-8-3-9-17-35/h2-31H,1H3;1-29H. The second kappa shape index (κ2) is 25.1. The second-order valence-corrected chi connectivity index (χ2v) is 28.1. The van der Waals surface area contributed by atoms with E-state index < -0.39 is 0 Å². The third-order valence-electron chi connectivity index (χ3n) is 20.0. The first-order valence-electron chi connectivity index (χ1n) is 34.3. The van der Waals surface area contributed by atoms with Crippen molar-refractivity contribution in [1.82, 2.24) is 19.1 Å². The number of benzene rings is 15. The molecule has 0 aliphatic heterocycles. The van der Waals surface area contributed by atoms with Crippen LogP contribution in [-0.2, 0) is 0 Å². The quantitative estimate of drug-likeness (QED) is 0.137. The van der Waals surface area contributed by atoms with E-state index in [0.717, 1.165) is 22.8 Å². The van der Waals surface area contributed by atoms with Gasteiger partial charge in [-0.25, -0.2) is 9.97 Å². The maximum absolute atomic E-state index is 4.65. The van der Waals surface area contributed by atoms with Gasteiger partial charge in [-0.1, -0.05) is 291 Å². The number of para-hydroxylation sites is 2. The number of aryl methyl sites for hydroxylation is 1. The molecule has 5 aromatic heterocycles. The largest absolute Gasteiger partial charge is 0.309 e. The molecule has 20 rings (SSSR count). The Kier molecular flexibility index (Phi) is 14.8. The molecule has 20 aromatic rings. The minimum atomic E-state index is 0.747. The molecule has 0 fully saturated rings.